The molecule has 0 bridgehead atoms. The van der Waals surface area contributed by atoms with E-state index >= 15 is 0 Å². The molecule has 0 aliphatic carbocycles. The van der Waals surface area contributed by atoms with E-state index in [1.807, 2.05) is 56.3 Å². The van der Waals surface area contributed by atoms with Crippen LogP contribution in [0.2, 0.25) is 5.02 Å². The maximum Gasteiger partial charge on any atom is 0.263 e. The lowest BCUT2D eigenvalue weighted by atomic mass is 10.1. The van der Waals surface area contributed by atoms with Crippen molar-refractivity contribution in [2.45, 2.75) is 18.9 Å². The Labute approximate surface area is 198 Å². The number of aromatic nitrogens is 2. The van der Waals surface area contributed by atoms with Gasteiger partial charge in [0.2, 0.25) is 5.03 Å². The second kappa shape index (κ2) is 9.17. The van der Waals surface area contributed by atoms with Crippen LogP contribution >= 0.6 is 11.6 Å². The van der Waals surface area contributed by atoms with Crippen molar-refractivity contribution < 1.29 is 13.2 Å². The van der Waals surface area contributed by atoms with E-state index in [1.54, 1.807) is 7.05 Å². The molecule has 2 heterocycles. The van der Waals surface area contributed by atoms with Crippen LogP contribution in [-0.2, 0) is 17.1 Å². The molecule has 8 nitrogen and oxygen atoms in total. The molecule has 2 aromatic carbocycles. The van der Waals surface area contributed by atoms with Gasteiger partial charge in [-0.1, -0.05) is 17.7 Å². The summed E-state index contributed by atoms with van der Waals surface area (Å²) in [6, 6.07) is 13.1. The van der Waals surface area contributed by atoms with E-state index in [-0.39, 0.29) is 10.6 Å². The Bertz CT molecular complexity index is 1260. The molecule has 1 saturated heterocycles. The maximum atomic E-state index is 13.4. The summed E-state index contributed by atoms with van der Waals surface area (Å²) in [5, 5.41) is 7.37. The van der Waals surface area contributed by atoms with Crippen molar-refractivity contribution in [3.05, 3.63) is 70.4 Å². The van der Waals surface area contributed by atoms with Crippen LogP contribution in [0.1, 0.15) is 21.5 Å². The standard InChI is InChI=1S/C23H26ClN5O3S/c1-16-12-17(2)14-19(13-16)25-22(30)21-15-27(3)26-23(21)33(31,32)29-10-8-28(9-11-29)20-6-4-18(24)5-7-20/h4-7,12-15H,8-11H2,1-3H3,(H,25,30). The van der Waals surface area contributed by atoms with Crippen LogP contribution in [0.3, 0.4) is 0 Å². The minimum atomic E-state index is -3.95. The molecule has 1 amide bonds. The number of benzene rings is 2. The van der Waals surface area contributed by atoms with Crippen LogP contribution in [0, 0.1) is 13.8 Å². The number of hydrogen-bond acceptors (Lipinski definition) is 5. The summed E-state index contributed by atoms with van der Waals surface area (Å²) in [6.45, 7) is 5.51. The Kier molecular flexibility index (Phi) is 6.47. The Morgan fingerprint density at radius 2 is 1.61 bits per heavy atom. The van der Waals surface area contributed by atoms with Gasteiger partial charge < -0.3 is 10.2 Å². The van der Waals surface area contributed by atoms with Gasteiger partial charge in [-0.3, -0.25) is 9.48 Å². The van der Waals surface area contributed by atoms with Gasteiger partial charge in [0.15, 0.2) is 0 Å². The Hall–Kier alpha value is -2.88. The van der Waals surface area contributed by atoms with Gasteiger partial charge in [-0.2, -0.15) is 9.40 Å². The predicted octanol–water partition coefficient (Wildman–Crippen LogP) is 3.45. The topological polar surface area (TPSA) is 87.5 Å². The Morgan fingerprint density at radius 1 is 1.00 bits per heavy atom. The average Bonchev–Trinajstić information content (AvgIpc) is 3.16. The number of sulfonamides is 1. The molecule has 1 aromatic heterocycles. The highest BCUT2D eigenvalue weighted by Crippen LogP contribution is 2.24. The van der Waals surface area contributed by atoms with Gasteiger partial charge in [-0.15, -0.1) is 0 Å². The zero-order valence-corrected chi connectivity index (χ0v) is 20.3. The molecule has 4 rings (SSSR count). The van der Waals surface area contributed by atoms with Crippen LogP contribution < -0.4 is 10.2 Å². The van der Waals surface area contributed by atoms with Crippen LogP contribution in [0.25, 0.3) is 0 Å². The fraction of sp³-hybridized carbons (Fsp3) is 0.304. The van der Waals surface area contributed by atoms with Crippen molar-refractivity contribution >= 4 is 38.9 Å². The smallest absolute Gasteiger partial charge is 0.263 e. The summed E-state index contributed by atoms with van der Waals surface area (Å²) in [7, 11) is -2.34. The van der Waals surface area contributed by atoms with Gasteiger partial charge in [-0.25, -0.2) is 8.42 Å². The normalized spacial score (nSPS) is 15.0. The SMILES string of the molecule is Cc1cc(C)cc(NC(=O)c2cn(C)nc2S(=O)(=O)N2CCN(c3ccc(Cl)cc3)CC2)c1. The number of carbonyl (C=O) groups is 1. The van der Waals surface area contributed by atoms with Gasteiger partial charge >= 0.3 is 0 Å². The lowest BCUT2D eigenvalue weighted by molar-refractivity contribution is 0.102. The van der Waals surface area contributed by atoms with E-state index in [0.717, 1.165) is 16.8 Å². The summed E-state index contributed by atoms with van der Waals surface area (Å²) >= 11 is 5.96. The average molecular weight is 488 g/mol. The number of hydrogen-bond donors (Lipinski definition) is 1. The number of piperazine rings is 1. The summed E-state index contributed by atoms with van der Waals surface area (Å²) in [6.07, 6.45) is 1.44. The first-order chi connectivity index (χ1) is 15.6. The minimum Gasteiger partial charge on any atom is -0.369 e. The molecule has 0 saturated carbocycles. The third-order valence-electron chi connectivity index (χ3n) is 5.53. The highest BCUT2D eigenvalue weighted by Gasteiger charge is 2.34. The molecular formula is C23H26ClN5O3S. The number of halogens is 1. The van der Waals surface area contributed by atoms with Crippen molar-refractivity contribution in [3.8, 4) is 0 Å². The molecule has 1 aliphatic heterocycles. The van der Waals surface area contributed by atoms with E-state index in [2.05, 4.69) is 15.3 Å². The van der Waals surface area contributed by atoms with Crippen LogP contribution in [0.15, 0.2) is 53.7 Å². The van der Waals surface area contributed by atoms with Crippen molar-refractivity contribution in [1.82, 2.24) is 14.1 Å². The van der Waals surface area contributed by atoms with Gasteiger partial charge in [0, 0.05) is 55.8 Å². The van der Waals surface area contributed by atoms with Gasteiger partial charge in [0.1, 0.15) is 0 Å². The van der Waals surface area contributed by atoms with Gasteiger partial charge in [-0.05, 0) is 61.4 Å². The number of aryl methyl sites for hydroxylation is 3. The summed E-state index contributed by atoms with van der Waals surface area (Å²) in [5.74, 6) is -0.508. The number of nitrogens with zero attached hydrogens (tertiary/aromatic N) is 4. The third kappa shape index (κ3) is 5.05. The Balaban J connectivity index is 1.53. The quantitative estimate of drug-likeness (QED) is 0.595. The molecule has 3 aromatic rings. The first-order valence-electron chi connectivity index (χ1n) is 10.6. The van der Waals surface area contributed by atoms with E-state index in [4.69, 9.17) is 11.6 Å². The summed E-state index contributed by atoms with van der Waals surface area (Å²) in [4.78, 5) is 15.1. The lowest BCUT2D eigenvalue weighted by Crippen LogP contribution is -2.49. The number of rotatable bonds is 5. The fourth-order valence-corrected chi connectivity index (χ4v) is 5.69. The number of nitrogens with one attached hydrogen (secondary N) is 1. The zero-order valence-electron chi connectivity index (χ0n) is 18.7. The molecular weight excluding hydrogens is 462 g/mol. The molecule has 174 valence electrons. The van der Waals surface area contributed by atoms with Crippen molar-refractivity contribution in [2.75, 3.05) is 36.4 Å². The Morgan fingerprint density at radius 3 is 2.21 bits per heavy atom. The minimum absolute atomic E-state index is 0.0248. The molecule has 0 radical (unpaired) electrons. The molecule has 10 heteroatoms. The fourth-order valence-electron chi connectivity index (χ4n) is 4.02. The summed E-state index contributed by atoms with van der Waals surface area (Å²) in [5.41, 5.74) is 3.63. The van der Waals surface area contributed by atoms with Crippen molar-refractivity contribution in [2.24, 2.45) is 7.05 Å². The van der Waals surface area contributed by atoms with E-state index < -0.39 is 15.9 Å². The molecule has 1 N–H and O–H groups in total. The third-order valence-corrected chi connectivity index (χ3v) is 7.62. The lowest BCUT2D eigenvalue weighted by Gasteiger charge is -2.35. The number of carbonyl (C=O) groups excluding carboxylic acids is 1. The monoisotopic (exact) mass is 487 g/mol. The molecule has 1 fully saturated rings. The molecule has 0 atom stereocenters. The van der Waals surface area contributed by atoms with Crippen molar-refractivity contribution in [1.29, 1.82) is 0 Å². The molecule has 0 spiro atoms. The maximum absolute atomic E-state index is 13.4. The molecule has 0 unspecified atom stereocenters. The van der Waals surface area contributed by atoms with Gasteiger partial charge in [0.25, 0.3) is 15.9 Å². The number of anilines is 2. The molecule has 1 aliphatic rings. The second-order valence-corrected chi connectivity index (χ2v) is 10.5. The van der Waals surface area contributed by atoms with Crippen molar-refractivity contribution in [3.63, 3.8) is 0 Å². The van der Waals surface area contributed by atoms with E-state index in [0.29, 0.717) is 36.9 Å². The van der Waals surface area contributed by atoms with E-state index in [9.17, 15) is 13.2 Å². The largest absolute Gasteiger partial charge is 0.369 e. The second-order valence-electron chi connectivity index (χ2n) is 8.22. The molecule has 33 heavy (non-hydrogen) atoms. The van der Waals surface area contributed by atoms with Crippen LogP contribution in [0.4, 0.5) is 11.4 Å². The van der Waals surface area contributed by atoms with Crippen LogP contribution in [0.5, 0.6) is 0 Å². The van der Waals surface area contributed by atoms with Crippen LogP contribution in [-0.4, -0.2) is 54.6 Å². The highest BCUT2D eigenvalue weighted by molar-refractivity contribution is 7.89. The van der Waals surface area contributed by atoms with E-state index in [1.165, 1.54) is 15.2 Å². The first kappa shape index (κ1) is 23.3. The number of amides is 1. The van der Waals surface area contributed by atoms with Gasteiger partial charge in [0.05, 0.1) is 5.56 Å². The first-order valence-corrected chi connectivity index (χ1v) is 12.4. The zero-order chi connectivity index (χ0) is 23.8. The highest BCUT2D eigenvalue weighted by atomic mass is 35.5. The predicted molar refractivity (Wildman–Crippen MR) is 130 cm³/mol. The summed E-state index contributed by atoms with van der Waals surface area (Å²) < 4.78 is 29.6.